The van der Waals surface area contributed by atoms with Crippen LogP contribution >= 0.6 is 0 Å². The lowest BCUT2D eigenvalue weighted by Gasteiger charge is -2.33. The molecule has 0 aromatic heterocycles. The summed E-state index contributed by atoms with van der Waals surface area (Å²) in [4.78, 5) is 0. The van der Waals surface area contributed by atoms with E-state index in [4.69, 9.17) is 9.47 Å². The van der Waals surface area contributed by atoms with Crippen molar-refractivity contribution in [3.05, 3.63) is 58.7 Å². The molecule has 0 radical (unpaired) electrons. The van der Waals surface area contributed by atoms with E-state index >= 15 is 4.39 Å². The summed E-state index contributed by atoms with van der Waals surface area (Å²) >= 11 is 0. The molecule has 0 saturated carbocycles. The van der Waals surface area contributed by atoms with Crippen molar-refractivity contribution in [3.8, 4) is 11.5 Å². The van der Waals surface area contributed by atoms with Crippen molar-refractivity contribution in [1.29, 1.82) is 0 Å². The third-order valence-electron chi connectivity index (χ3n) is 5.92. The Hall–Kier alpha value is -3.24. The quantitative estimate of drug-likeness (QED) is 0.238. The zero-order chi connectivity index (χ0) is 30.5. The molecule has 0 aliphatic heterocycles. The molecule has 2 aromatic carbocycles. The maximum absolute atomic E-state index is 15.0. The SMILES string of the molecule is COc1cc(C2=C(OS(=O)(=O)C(F)(F)C(F)(F)C(F)(F)C(F)(F)F)c3ccc(OC)c(F)c3CCC2)ccc1F. The van der Waals surface area contributed by atoms with Crippen molar-refractivity contribution in [2.45, 2.75) is 42.5 Å². The van der Waals surface area contributed by atoms with Crippen LogP contribution in [0, 0.1) is 11.6 Å². The van der Waals surface area contributed by atoms with Crippen LogP contribution in [0.25, 0.3) is 11.3 Å². The molecule has 0 spiro atoms. The van der Waals surface area contributed by atoms with Crippen LogP contribution in [0.4, 0.5) is 48.3 Å². The second-order valence-corrected chi connectivity index (χ2v) is 9.91. The molecule has 222 valence electrons. The number of rotatable bonds is 8. The number of methoxy groups -OCH3 is 2. The minimum atomic E-state index is -7.56. The summed E-state index contributed by atoms with van der Waals surface area (Å²) in [5.41, 5.74) is -1.76. The van der Waals surface area contributed by atoms with E-state index in [0.717, 1.165) is 44.6 Å². The fourth-order valence-electron chi connectivity index (χ4n) is 3.83. The summed E-state index contributed by atoms with van der Waals surface area (Å²) in [5.74, 6) is -19.4. The Bertz CT molecular complexity index is 1430. The lowest BCUT2D eigenvalue weighted by atomic mass is 9.98. The van der Waals surface area contributed by atoms with Crippen LogP contribution in [0.5, 0.6) is 11.5 Å². The number of allylic oxidation sites excluding steroid dienone is 1. The first-order valence-corrected chi connectivity index (χ1v) is 12.2. The highest BCUT2D eigenvalue weighted by Gasteiger charge is 2.86. The van der Waals surface area contributed by atoms with Gasteiger partial charge < -0.3 is 13.7 Å². The number of benzene rings is 2. The molecule has 0 N–H and O–H groups in total. The third-order valence-corrected chi connectivity index (χ3v) is 7.19. The number of halogens is 11. The highest BCUT2D eigenvalue weighted by molar-refractivity contribution is 7.88. The van der Waals surface area contributed by atoms with Crippen molar-refractivity contribution < 1.29 is 70.4 Å². The van der Waals surface area contributed by atoms with Gasteiger partial charge in [0.05, 0.1) is 14.2 Å². The Kier molecular flexibility index (Phi) is 8.06. The van der Waals surface area contributed by atoms with E-state index in [1.54, 1.807) is 0 Å². The second kappa shape index (κ2) is 10.3. The predicted molar refractivity (Wildman–Crippen MR) is 117 cm³/mol. The molecule has 1 aliphatic rings. The van der Waals surface area contributed by atoms with Gasteiger partial charge in [-0.2, -0.15) is 47.9 Å². The van der Waals surface area contributed by atoms with Gasteiger partial charge in [0.1, 0.15) is 0 Å². The van der Waals surface area contributed by atoms with Crippen LogP contribution < -0.4 is 9.47 Å². The van der Waals surface area contributed by atoms with Crippen molar-refractivity contribution in [2.75, 3.05) is 14.2 Å². The first-order valence-electron chi connectivity index (χ1n) is 10.8. The lowest BCUT2D eigenvalue weighted by molar-refractivity contribution is -0.382. The van der Waals surface area contributed by atoms with Gasteiger partial charge >= 0.3 is 33.4 Å². The number of hydrogen-bond donors (Lipinski definition) is 0. The van der Waals surface area contributed by atoms with E-state index in [1.807, 2.05) is 0 Å². The summed E-state index contributed by atoms with van der Waals surface area (Å²) in [6, 6.07) is 4.38. The third kappa shape index (κ3) is 4.92. The van der Waals surface area contributed by atoms with Crippen LogP contribution in [0.1, 0.15) is 29.5 Å². The average molecular weight is 614 g/mol. The minimum Gasteiger partial charge on any atom is -0.494 e. The number of ether oxygens (including phenoxy) is 2. The highest BCUT2D eigenvalue weighted by atomic mass is 32.2. The molecule has 0 heterocycles. The smallest absolute Gasteiger partial charge is 0.460 e. The van der Waals surface area contributed by atoms with Gasteiger partial charge in [-0.15, -0.1) is 0 Å². The molecule has 0 bridgehead atoms. The van der Waals surface area contributed by atoms with Gasteiger partial charge in [0.25, 0.3) is 0 Å². The van der Waals surface area contributed by atoms with Gasteiger partial charge in [-0.05, 0) is 49.1 Å². The molecule has 0 amide bonds. The highest BCUT2D eigenvalue weighted by Crippen LogP contribution is 2.56. The van der Waals surface area contributed by atoms with E-state index in [1.165, 1.54) is 0 Å². The summed E-state index contributed by atoms with van der Waals surface area (Å²) in [5, 5.41) is -7.17. The zero-order valence-corrected chi connectivity index (χ0v) is 20.9. The first-order chi connectivity index (χ1) is 18.2. The Morgan fingerprint density at radius 2 is 1.38 bits per heavy atom. The van der Waals surface area contributed by atoms with E-state index in [9.17, 15) is 52.3 Å². The molecule has 0 atom stereocenters. The van der Waals surface area contributed by atoms with Gasteiger partial charge in [0.15, 0.2) is 28.9 Å². The summed E-state index contributed by atoms with van der Waals surface area (Å²) in [6.07, 6.45) is -8.01. The van der Waals surface area contributed by atoms with Crippen LogP contribution in [0.2, 0.25) is 0 Å². The van der Waals surface area contributed by atoms with Gasteiger partial charge in [0, 0.05) is 16.7 Å². The zero-order valence-electron chi connectivity index (χ0n) is 20.1. The van der Waals surface area contributed by atoms with Gasteiger partial charge in [-0.3, -0.25) is 0 Å². The molecular formula is C23H17F11O5S. The molecule has 5 nitrogen and oxygen atoms in total. The molecule has 40 heavy (non-hydrogen) atoms. The molecular weight excluding hydrogens is 597 g/mol. The Labute approximate surface area is 219 Å². The maximum atomic E-state index is 15.0. The number of hydrogen-bond acceptors (Lipinski definition) is 5. The fraction of sp³-hybridized carbons (Fsp3) is 0.391. The number of fused-ring (bicyclic) bond motifs is 1. The van der Waals surface area contributed by atoms with E-state index in [2.05, 4.69) is 4.18 Å². The van der Waals surface area contributed by atoms with E-state index in [0.29, 0.717) is 0 Å². The average Bonchev–Trinajstić information content (AvgIpc) is 3.03. The van der Waals surface area contributed by atoms with Crippen molar-refractivity contribution in [3.63, 3.8) is 0 Å². The molecule has 1 aliphatic carbocycles. The molecule has 2 aromatic rings. The standard InChI is InChI=1S/C23H17F11O5S/c1-37-16-9-7-14-13(18(16)25)5-3-4-12(11-6-8-15(24)17(10-11)38-2)19(14)39-40(35,36)23(33,34)21(28,29)20(26,27)22(30,31)32/h6-10H,3-5H2,1-2H3. The lowest BCUT2D eigenvalue weighted by Crippen LogP contribution is -2.63. The molecule has 0 saturated heterocycles. The van der Waals surface area contributed by atoms with Crippen LogP contribution in [-0.4, -0.2) is 45.9 Å². The van der Waals surface area contributed by atoms with E-state index in [-0.39, 0.29) is 24.8 Å². The Morgan fingerprint density at radius 1 is 0.775 bits per heavy atom. The van der Waals surface area contributed by atoms with Gasteiger partial charge in [-0.1, -0.05) is 6.07 Å². The summed E-state index contributed by atoms with van der Waals surface area (Å²) in [7, 11) is -5.33. The monoisotopic (exact) mass is 614 g/mol. The van der Waals surface area contributed by atoms with Crippen molar-refractivity contribution in [2.24, 2.45) is 0 Å². The van der Waals surface area contributed by atoms with Crippen molar-refractivity contribution >= 4 is 21.5 Å². The van der Waals surface area contributed by atoms with Crippen LogP contribution in [-0.2, 0) is 20.7 Å². The summed E-state index contributed by atoms with van der Waals surface area (Å²) < 4.78 is 189. The molecule has 0 fully saturated rings. The molecule has 3 rings (SSSR count). The largest absolute Gasteiger partial charge is 0.494 e. The van der Waals surface area contributed by atoms with Gasteiger partial charge in [-0.25, -0.2) is 8.78 Å². The summed E-state index contributed by atoms with van der Waals surface area (Å²) in [6.45, 7) is 0. The Balaban J connectivity index is 2.32. The molecule has 0 unspecified atom stereocenters. The van der Waals surface area contributed by atoms with Crippen LogP contribution in [0.3, 0.4) is 0 Å². The maximum Gasteiger partial charge on any atom is 0.460 e. The topological polar surface area (TPSA) is 61.8 Å². The minimum absolute atomic E-state index is 0.0856. The fourth-order valence-corrected chi connectivity index (χ4v) is 4.79. The Morgan fingerprint density at radius 3 is 1.93 bits per heavy atom. The predicted octanol–water partition coefficient (Wildman–Crippen LogP) is 6.96. The van der Waals surface area contributed by atoms with Gasteiger partial charge in [0.2, 0.25) is 0 Å². The van der Waals surface area contributed by atoms with E-state index < -0.39 is 79.0 Å². The molecule has 17 heteroatoms. The second-order valence-electron chi connectivity index (χ2n) is 8.32. The normalized spacial score (nSPS) is 15.4. The van der Waals surface area contributed by atoms with Crippen molar-refractivity contribution in [1.82, 2.24) is 0 Å². The number of alkyl halides is 9. The van der Waals surface area contributed by atoms with Crippen LogP contribution in [0.15, 0.2) is 30.3 Å². The first kappa shape index (κ1) is 31.3.